The lowest BCUT2D eigenvalue weighted by Crippen LogP contribution is -2.46. The molecule has 9 heteroatoms. The zero-order valence-electron chi connectivity index (χ0n) is 15.6. The monoisotopic (exact) mass is 381 g/mol. The molecule has 1 aromatic rings. The smallest absolute Gasteiger partial charge is 0.310 e. The van der Waals surface area contributed by atoms with Gasteiger partial charge in [-0.05, 0) is 33.8 Å². The second kappa shape index (κ2) is 6.39. The average molecular weight is 381 g/mol. The zero-order chi connectivity index (χ0) is 19.4. The molecule has 0 bridgehead atoms. The largest absolute Gasteiger partial charge is 0.478 e. The Kier molecular flexibility index (Phi) is 4.39. The van der Waals surface area contributed by atoms with Crippen LogP contribution in [0.5, 0.6) is 5.75 Å². The van der Waals surface area contributed by atoms with Crippen molar-refractivity contribution in [1.82, 2.24) is 0 Å². The van der Waals surface area contributed by atoms with Crippen LogP contribution >= 0.6 is 0 Å². The fourth-order valence-electron chi connectivity index (χ4n) is 3.67. The molecule has 0 spiro atoms. The molecule has 2 unspecified atom stereocenters. The van der Waals surface area contributed by atoms with Gasteiger partial charge in [0.15, 0.2) is 35.8 Å². The van der Waals surface area contributed by atoms with Crippen LogP contribution in [0, 0.1) is 10.1 Å². The second-order valence-electron chi connectivity index (χ2n) is 7.74. The van der Waals surface area contributed by atoms with Crippen LogP contribution in [-0.2, 0) is 23.7 Å². The first-order valence-electron chi connectivity index (χ1n) is 8.88. The van der Waals surface area contributed by atoms with E-state index < -0.39 is 47.2 Å². The van der Waals surface area contributed by atoms with Gasteiger partial charge in [0.2, 0.25) is 0 Å². The van der Waals surface area contributed by atoms with Crippen molar-refractivity contribution in [2.75, 3.05) is 6.61 Å². The maximum Gasteiger partial charge on any atom is 0.310 e. The number of nitro groups is 1. The van der Waals surface area contributed by atoms with Crippen molar-refractivity contribution in [3.05, 3.63) is 34.4 Å². The molecule has 3 fully saturated rings. The Balaban J connectivity index is 1.62. The van der Waals surface area contributed by atoms with E-state index in [-0.39, 0.29) is 11.4 Å². The third-order valence-corrected chi connectivity index (χ3v) is 4.75. The highest BCUT2D eigenvalue weighted by molar-refractivity contribution is 5.46. The lowest BCUT2D eigenvalue weighted by atomic mass is 10.1. The number of nitro benzene ring substituents is 1. The molecule has 0 aromatic heterocycles. The predicted molar refractivity (Wildman–Crippen MR) is 91.1 cm³/mol. The number of hydrogen-bond donors (Lipinski definition) is 0. The number of fused-ring (bicyclic) bond motifs is 1. The molecule has 148 valence electrons. The van der Waals surface area contributed by atoms with Crippen LogP contribution in [0.1, 0.15) is 27.7 Å². The van der Waals surface area contributed by atoms with Gasteiger partial charge in [0, 0.05) is 6.07 Å². The van der Waals surface area contributed by atoms with E-state index in [0.717, 1.165) is 0 Å². The van der Waals surface area contributed by atoms with Crippen molar-refractivity contribution < 1.29 is 33.3 Å². The molecule has 0 aliphatic carbocycles. The highest BCUT2D eigenvalue weighted by Crippen LogP contribution is 2.43. The van der Waals surface area contributed by atoms with Crippen molar-refractivity contribution in [2.24, 2.45) is 0 Å². The third-order valence-electron chi connectivity index (χ3n) is 4.75. The maximum absolute atomic E-state index is 11.3. The van der Waals surface area contributed by atoms with E-state index in [2.05, 4.69) is 0 Å². The van der Waals surface area contributed by atoms with Gasteiger partial charge in [-0.15, -0.1) is 0 Å². The molecule has 5 atom stereocenters. The minimum absolute atomic E-state index is 0.123. The molecular weight excluding hydrogens is 358 g/mol. The molecule has 0 amide bonds. The van der Waals surface area contributed by atoms with Crippen LogP contribution in [-0.4, -0.2) is 53.8 Å². The van der Waals surface area contributed by atoms with E-state index in [1.54, 1.807) is 32.0 Å². The van der Waals surface area contributed by atoms with Crippen molar-refractivity contribution in [1.29, 1.82) is 0 Å². The van der Waals surface area contributed by atoms with Gasteiger partial charge in [-0.3, -0.25) is 10.1 Å². The Morgan fingerprint density at radius 3 is 2.48 bits per heavy atom. The van der Waals surface area contributed by atoms with Crippen LogP contribution in [0.25, 0.3) is 0 Å². The molecule has 1 aromatic carbocycles. The summed E-state index contributed by atoms with van der Waals surface area (Å²) in [6.07, 6.45) is -2.81. The number of rotatable bonds is 4. The van der Waals surface area contributed by atoms with E-state index in [1.165, 1.54) is 6.07 Å². The van der Waals surface area contributed by atoms with Crippen LogP contribution in [0.15, 0.2) is 24.3 Å². The lowest BCUT2D eigenvalue weighted by molar-refractivity contribution is -0.386. The van der Waals surface area contributed by atoms with E-state index in [1.807, 2.05) is 13.8 Å². The average Bonchev–Trinajstić information content (AvgIpc) is 3.18. The van der Waals surface area contributed by atoms with E-state index in [9.17, 15) is 10.1 Å². The normalized spacial score (nSPS) is 36.5. The van der Waals surface area contributed by atoms with Gasteiger partial charge in [0.25, 0.3) is 0 Å². The molecule has 0 radical (unpaired) electrons. The Hall–Kier alpha value is -1.78. The van der Waals surface area contributed by atoms with Gasteiger partial charge in [0.1, 0.15) is 12.2 Å². The van der Waals surface area contributed by atoms with Crippen molar-refractivity contribution >= 4 is 5.69 Å². The van der Waals surface area contributed by atoms with Gasteiger partial charge in [-0.2, -0.15) is 0 Å². The third kappa shape index (κ3) is 3.53. The molecule has 0 N–H and O–H groups in total. The fraction of sp³-hybridized carbons (Fsp3) is 0.667. The summed E-state index contributed by atoms with van der Waals surface area (Å²) in [5.74, 6) is -1.43. The number of ether oxygens (including phenoxy) is 6. The number of nitrogens with zero attached hydrogens (tertiary/aromatic N) is 1. The van der Waals surface area contributed by atoms with Gasteiger partial charge in [0.05, 0.1) is 11.5 Å². The Bertz CT molecular complexity index is 736. The van der Waals surface area contributed by atoms with Crippen molar-refractivity contribution in [2.45, 2.75) is 70.0 Å². The summed E-state index contributed by atoms with van der Waals surface area (Å²) < 4.78 is 35.4. The summed E-state index contributed by atoms with van der Waals surface area (Å²) in [7, 11) is 0. The number of benzene rings is 1. The zero-order valence-corrected chi connectivity index (χ0v) is 15.6. The standard InChI is InChI=1S/C18H23NO8/c1-17(2)22-9-12(25-17)13-14(15-16(24-13)27-18(3,4)26-15)23-11-8-6-5-7-10(11)19(20)21/h5-8,12-16H,9H2,1-4H3/t12?,13-,14?,15-,16-/m1/s1. The Labute approximate surface area is 156 Å². The summed E-state index contributed by atoms with van der Waals surface area (Å²) >= 11 is 0. The summed E-state index contributed by atoms with van der Waals surface area (Å²) in [5.41, 5.74) is -0.123. The molecular formula is C18H23NO8. The van der Waals surface area contributed by atoms with E-state index >= 15 is 0 Å². The molecule has 9 nitrogen and oxygen atoms in total. The maximum atomic E-state index is 11.3. The van der Waals surface area contributed by atoms with Crippen LogP contribution < -0.4 is 4.74 Å². The molecule has 27 heavy (non-hydrogen) atoms. The minimum Gasteiger partial charge on any atom is -0.478 e. The first-order chi connectivity index (χ1) is 12.7. The van der Waals surface area contributed by atoms with Crippen molar-refractivity contribution in [3.63, 3.8) is 0 Å². The first-order valence-corrected chi connectivity index (χ1v) is 8.88. The van der Waals surface area contributed by atoms with Crippen LogP contribution in [0.2, 0.25) is 0 Å². The highest BCUT2D eigenvalue weighted by Gasteiger charge is 2.59. The lowest BCUT2D eigenvalue weighted by Gasteiger charge is -2.29. The first kappa shape index (κ1) is 18.6. The van der Waals surface area contributed by atoms with Crippen LogP contribution in [0.4, 0.5) is 5.69 Å². The van der Waals surface area contributed by atoms with Crippen molar-refractivity contribution in [3.8, 4) is 5.75 Å². The Morgan fingerprint density at radius 2 is 1.81 bits per heavy atom. The van der Waals surface area contributed by atoms with Gasteiger partial charge in [-0.1, -0.05) is 12.1 Å². The van der Waals surface area contributed by atoms with Gasteiger partial charge in [-0.25, -0.2) is 0 Å². The molecule has 3 heterocycles. The summed E-state index contributed by atoms with van der Waals surface area (Å²) in [6, 6.07) is 6.22. The van der Waals surface area contributed by atoms with E-state index in [0.29, 0.717) is 6.61 Å². The quantitative estimate of drug-likeness (QED) is 0.579. The van der Waals surface area contributed by atoms with Crippen LogP contribution in [0.3, 0.4) is 0 Å². The number of hydrogen-bond acceptors (Lipinski definition) is 8. The Morgan fingerprint density at radius 1 is 1.07 bits per heavy atom. The van der Waals surface area contributed by atoms with Gasteiger partial charge < -0.3 is 28.4 Å². The highest BCUT2D eigenvalue weighted by atomic mass is 16.8. The summed E-state index contributed by atoms with van der Waals surface area (Å²) in [6.45, 7) is 7.51. The molecule has 4 rings (SSSR count). The molecule has 0 saturated carbocycles. The molecule has 3 aliphatic rings. The summed E-state index contributed by atoms with van der Waals surface area (Å²) in [5, 5.41) is 11.3. The van der Waals surface area contributed by atoms with E-state index in [4.69, 9.17) is 28.4 Å². The van der Waals surface area contributed by atoms with Gasteiger partial charge >= 0.3 is 5.69 Å². The fourth-order valence-corrected chi connectivity index (χ4v) is 3.67. The second-order valence-corrected chi connectivity index (χ2v) is 7.74. The SMILES string of the molecule is CC1(C)OCC([C@H]2O[C@@H]3OC(C)(C)O[C@@H]3C2Oc2ccccc2[N+](=O)[O-])O1. The summed E-state index contributed by atoms with van der Waals surface area (Å²) in [4.78, 5) is 10.9. The predicted octanol–water partition coefficient (Wildman–Crippen LogP) is 2.37. The molecule has 3 aliphatic heterocycles. The topological polar surface area (TPSA) is 98.5 Å². The minimum atomic E-state index is -0.836. The molecule has 3 saturated heterocycles. The number of para-hydroxylation sites is 2.